The molecule has 3 aromatic rings. The Hall–Kier alpha value is -4.41. The number of carbonyl (C=O) groups excluding carboxylic acids is 3. The Morgan fingerprint density at radius 2 is 1.67 bits per heavy atom. The summed E-state index contributed by atoms with van der Waals surface area (Å²) in [6.07, 6.45) is -2.17. The zero-order valence-corrected chi connectivity index (χ0v) is 23.8. The van der Waals surface area contributed by atoms with Crippen LogP contribution in [0, 0.1) is 0 Å². The quantitative estimate of drug-likeness (QED) is 0.157. The number of benzene rings is 2. The van der Waals surface area contributed by atoms with Crippen LogP contribution in [0.15, 0.2) is 60.8 Å². The summed E-state index contributed by atoms with van der Waals surface area (Å²) in [6, 6.07) is 13.3. The number of amides is 2. The first-order valence-electron chi connectivity index (χ1n) is 13.5. The number of halogens is 3. The van der Waals surface area contributed by atoms with Crippen LogP contribution in [0.4, 0.5) is 29.3 Å². The van der Waals surface area contributed by atoms with Crippen LogP contribution in [-0.2, 0) is 20.5 Å². The van der Waals surface area contributed by atoms with E-state index in [1.807, 2.05) is 18.2 Å². The molecule has 1 saturated carbocycles. The third kappa shape index (κ3) is 7.26. The van der Waals surface area contributed by atoms with Crippen molar-refractivity contribution in [2.45, 2.75) is 64.7 Å². The number of carbonyl (C=O) groups is 3. The Bertz CT molecular complexity index is 1460. The minimum atomic E-state index is -4.73. The first-order chi connectivity index (χ1) is 19.8. The lowest BCUT2D eigenvalue weighted by molar-refractivity contribution is -0.139. The van der Waals surface area contributed by atoms with Crippen LogP contribution in [0.1, 0.15) is 64.1 Å². The Labute approximate surface area is 242 Å². The van der Waals surface area contributed by atoms with Crippen molar-refractivity contribution >= 4 is 29.7 Å². The van der Waals surface area contributed by atoms with Crippen LogP contribution >= 0.6 is 0 Å². The highest BCUT2D eigenvalue weighted by atomic mass is 19.4. The normalized spacial score (nSPS) is 13.3. The van der Waals surface area contributed by atoms with Crippen molar-refractivity contribution in [2.75, 3.05) is 16.6 Å². The monoisotopic (exact) mass is 583 g/mol. The van der Waals surface area contributed by atoms with E-state index in [0.29, 0.717) is 17.8 Å². The summed E-state index contributed by atoms with van der Waals surface area (Å²) in [4.78, 5) is 43.1. The zero-order chi connectivity index (χ0) is 30.7. The van der Waals surface area contributed by atoms with Gasteiger partial charge in [0, 0.05) is 23.9 Å². The molecule has 1 heterocycles. The number of nitrogens with zero attached hydrogens (tertiary/aromatic N) is 3. The predicted octanol–water partition coefficient (Wildman–Crippen LogP) is 7.32. The van der Waals surface area contributed by atoms with E-state index in [0.717, 1.165) is 52.3 Å². The molecule has 0 radical (unpaired) electrons. The number of hydrogen-bond acceptors (Lipinski definition) is 6. The molecule has 42 heavy (non-hydrogen) atoms. The second-order valence-electron chi connectivity index (χ2n) is 10.8. The molecule has 8 nitrogen and oxygen atoms in total. The molecule has 4 rings (SSSR count). The van der Waals surface area contributed by atoms with Crippen molar-refractivity contribution < 1.29 is 37.0 Å². The van der Waals surface area contributed by atoms with Gasteiger partial charge in [0.1, 0.15) is 17.6 Å². The predicted molar refractivity (Wildman–Crippen MR) is 151 cm³/mol. The molecule has 1 aliphatic rings. The maximum Gasteiger partial charge on any atom is 0.434 e. The second kappa shape index (κ2) is 12.2. The van der Waals surface area contributed by atoms with E-state index in [1.165, 1.54) is 6.92 Å². The second-order valence-corrected chi connectivity index (χ2v) is 10.8. The van der Waals surface area contributed by atoms with E-state index >= 15 is 0 Å². The van der Waals surface area contributed by atoms with Crippen LogP contribution in [0.2, 0.25) is 0 Å². The van der Waals surface area contributed by atoms with E-state index < -0.39 is 41.5 Å². The van der Waals surface area contributed by atoms with Gasteiger partial charge in [0.05, 0.1) is 30.0 Å². The lowest BCUT2D eigenvalue weighted by atomic mass is 10.0. The van der Waals surface area contributed by atoms with Crippen LogP contribution in [0.25, 0.3) is 11.1 Å². The molecule has 11 heteroatoms. The van der Waals surface area contributed by atoms with Gasteiger partial charge >= 0.3 is 12.3 Å². The molecule has 1 aromatic heterocycles. The molecule has 0 bridgehead atoms. The topological polar surface area (TPSA) is 89.0 Å². The number of aldehydes is 1. The van der Waals surface area contributed by atoms with Gasteiger partial charge in [0.15, 0.2) is 0 Å². The van der Waals surface area contributed by atoms with E-state index in [2.05, 4.69) is 4.98 Å². The maximum absolute atomic E-state index is 13.7. The molecule has 2 amide bonds. The lowest BCUT2D eigenvalue weighted by Gasteiger charge is -2.36. The summed E-state index contributed by atoms with van der Waals surface area (Å²) in [7, 11) is 0. The van der Waals surface area contributed by atoms with E-state index in [4.69, 9.17) is 9.47 Å². The number of aromatic nitrogens is 1. The van der Waals surface area contributed by atoms with Gasteiger partial charge < -0.3 is 14.3 Å². The van der Waals surface area contributed by atoms with Gasteiger partial charge in [0.2, 0.25) is 0 Å². The molecule has 0 spiro atoms. The molecule has 0 N–H and O–H groups in total. The number of ether oxygens (including phenoxy) is 2. The van der Waals surface area contributed by atoms with Crippen molar-refractivity contribution in [1.82, 2.24) is 4.98 Å². The van der Waals surface area contributed by atoms with E-state index in [-0.39, 0.29) is 18.0 Å². The fourth-order valence-corrected chi connectivity index (χ4v) is 4.34. The summed E-state index contributed by atoms with van der Waals surface area (Å²) in [6.45, 7) is 6.28. The molecular formula is C31H32F3N3O5. The van der Waals surface area contributed by atoms with Crippen LogP contribution in [0.3, 0.4) is 0 Å². The van der Waals surface area contributed by atoms with Crippen molar-refractivity contribution in [3.63, 3.8) is 0 Å². The first kappa shape index (κ1) is 30.5. The van der Waals surface area contributed by atoms with Crippen molar-refractivity contribution in [1.29, 1.82) is 0 Å². The number of hydrazine groups is 1. The van der Waals surface area contributed by atoms with Crippen LogP contribution < -0.4 is 14.8 Å². The maximum atomic E-state index is 13.7. The number of anilines is 2. The summed E-state index contributed by atoms with van der Waals surface area (Å²) >= 11 is 0. The highest BCUT2D eigenvalue weighted by molar-refractivity contribution is 6.08. The summed E-state index contributed by atoms with van der Waals surface area (Å²) < 4.78 is 52.1. The number of pyridine rings is 1. The van der Waals surface area contributed by atoms with Gasteiger partial charge in [-0.05, 0) is 88.1 Å². The average molecular weight is 584 g/mol. The van der Waals surface area contributed by atoms with Gasteiger partial charge in [-0.15, -0.1) is 0 Å². The van der Waals surface area contributed by atoms with Gasteiger partial charge in [-0.3, -0.25) is 9.78 Å². The van der Waals surface area contributed by atoms with Crippen molar-refractivity contribution in [3.8, 4) is 16.9 Å². The Morgan fingerprint density at radius 1 is 0.976 bits per heavy atom. The molecule has 2 aromatic carbocycles. The van der Waals surface area contributed by atoms with E-state index in [9.17, 15) is 27.6 Å². The third-order valence-electron chi connectivity index (χ3n) is 6.28. The smallest absolute Gasteiger partial charge is 0.434 e. The standard InChI is InChI=1S/C31H32F3N3O5/c1-5-41-27-19-24(11-12-25(27)31(32,33)34)37(29(40)42-30(2,3)4)36(28(39)14-16-38)23-8-6-7-21(17-23)22-13-15-35-26(18-22)20-9-10-20/h6-8,11-13,15-20H,5,9-10,14H2,1-4H3. The summed E-state index contributed by atoms with van der Waals surface area (Å²) in [5, 5.41) is 1.76. The van der Waals surface area contributed by atoms with E-state index in [1.54, 1.807) is 45.2 Å². The summed E-state index contributed by atoms with van der Waals surface area (Å²) in [5.41, 5.74) is 0.463. The number of rotatable bonds is 8. The van der Waals surface area contributed by atoms with Gasteiger partial charge in [0.25, 0.3) is 5.91 Å². The fraction of sp³-hybridized carbons (Fsp3) is 0.355. The SMILES string of the molecule is CCOc1cc(N(C(=O)OC(C)(C)C)N(C(=O)CC=O)c2cccc(-c3ccnc(C4CC4)c3)c2)ccc1C(F)(F)F. The molecule has 0 unspecified atom stereocenters. The van der Waals surface area contributed by atoms with Crippen LogP contribution in [-0.4, -0.2) is 35.5 Å². The molecule has 0 aliphatic heterocycles. The molecule has 222 valence electrons. The summed E-state index contributed by atoms with van der Waals surface area (Å²) in [5.74, 6) is -0.933. The number of hydrogen-bond donors (Lipinski definition) is 0. The highest BCUT2D eigenvalue weighted by Gasteiger charge is 2.37. The molecule has 1 fully saturated rings. The zero-order valence-electron chi connectivity index (χ0n) is 23.8. The fourth-order valence-electron chi connectivity index (χ4n) is 4.34. The Balaban J connectivity index is 1.88. The van der Waals surface area contributed by atoms with Gasteiger partial charge in [-0.2, -0.15) is 18.2 Å². The van der Waals surface area contributed by atoms with Gasteiger partial charge in [-0.1, -0.05) is 12.1 Å². The highest BCUT2D eigenvalue weighted by Crippen LogP contribution is 2.41. The largest absolute Gasteiger partial charge is 0.493 e. The Morgan fingerprint density at radius 3 is 2.29 bits per heavy atom. The van der Waals surface area contributed by atoms with Crippen molar-refractivity contribution in [3.05, 3.63) is 72.1 Å². The average Bonchev–Trinajstić information content (AvgIpc) is 3.76. The minimum absolute atomic E-state index is 0.0798. The molecular weight excluding hydrogens is 551 g/mol. The molecule has 0 atom stereocenters. The minimum Gasteiger partial charge on any atom is -0.493 e. The third-order valence-corrected chi connectivity index (χ3v) is 6.28. The lowest BCUT2D eigenvalue weighted by Crippen LogP contribution is -2.52. The molecule has 0 saturated heterocycles. The van der Waals surface area contributed by atoms with Gasteiger partial charge in [-0.25, -0.2) is 9.80 Å². The molecule has 1 aliphatic carbocycles. The number of alkyl halides is 3. The Kier molecular flexibility index (Phi) is 8.89. The van der Waals surface area contributed by atoms with Crippen LogP contribution in [0.5, 0.6) is 5.75 Å². The van der Waals surface area contributed by atoms with Crippen molar-refractivity contribution in [2.24, 2.45) is 0 Å². The first-order valence-corrected chi connectivity index (χ1v) is 13.5.